The molecule has 1 saturated carbocycles. The molecule has 1 heterocycles. The van der Waals surface area contributed by atoms with Crippen LogP contribution in [0.3, 0.4) is 0 Å². The van der Waals surface area contributed by atoms with E-state index in [9.17, 15) is 5.11 Å². The lowest BCUT2D eigenvalue weighted by Crippen LogP contribution is -2.56. The van der Waals surface area contributed by atoms with Crippen molar-refractivity contribution in [2.45, 2.75) is 50.4 Å². The Bertz CT molecular complexity index is 438. The van der Waals surface area contributed by atoms with Gasteiger partial charge in [0.05, 0.1) is 6.04 Å². The molecule has 0 bridgehead atoms. The van der Waals surface area contributed by atoms with Crippen LogP contribution in [0, 0.1) is 6.92 Å². The standard InChI is InChI=1S/C14H19NO2/c1-9-4-5-10-11(8-9)17-14(6-2-3-7-14)13(15)12(10)16/h4-5,8,12-13,16H,2-3,6-7,15H2,1H3. The molecule has 17 heavy (non-hydrogen) atoms. The first-order valence-corrected chi connectivity index (χ1v) is 6.36. The van der Waals surface area contributed by atoms with Gasteiger partial charge in [0, 0.05) is 5.56 Å². The van der Waals surface area contributed by atoms with E-state index < -0.39 is 6.10 Å². The van der Waals surface area contributed by atoms with Crippen LogP contribution in [-0.2, 0) is 0 Å². The number of fused-ring (bicyclic) bond motifs is 1. The lowest BCUT2D eigenvalue weighted by Gasteiger charge is -2.43. The first-order valence-electron chi connectivity index (χ1n) is 6.36. The Hall–Kier alpha value is -1.06. The molecule has 1 aromatic carbocycles. The van der Waals surface area contributed by atoms with E-state index in [0.29, 0.717) is 0 Å². The monoisotopic (exact) mass is 233 g/mol. The van der Waals surface area contributed by atoms with Crippen LogP contribution in [0.5, 0.6) is 5.75 Å². The van der Waals surface area contributed by atoms with Crippen LogP contribution in [0.1, 0.15) is 42.9 Å². The Morgan fingerprint density at radius 3 is 2.76 bits per heavy atom. The van der Waals surface area contributed by atoms with Gasteiger partial charge in [-0.05, 0) is 44.2 Å². The van der Waals surface area contributed by atoms with Gasteiger partial charge in [0.1, 0.15) is 17.5 Å². The molecular formula is C14H19NO2. The molecular weight excluding hydrogens is 214 g/mol. The maximum Gasteiger partial charge on any atom is 0.127 e. The second kappa shape index (κ2) is 3.72. The maximum atomic E-state index is 10.3. The van der Waals surface area contributed by atoms with E-state index >= 15 is 0 Å². The number of ether oxygens (including phenoxy) is 1. The van der Waals surface area contributed by atoms with Crippen molar-refractivity contribution in [3.63, 3.8) is 0 Å². The maximum absolute atomic E-state index is 10.3. The lowest BCUT2D eigenvalue weighted by atomic mass is 9.83. The molecule has 1 spiro atoms. The summed E-state index contributed by atoms with van der Waals surface area (Å²) in [5, 5.41) is 10.3. The quantitative estimate of drug-likeness (QED) is 0.721. The summed E-state index contributed by atoms with van der Waals surface area (Å²) in [6.07, 6.45) is 3.60. The Kier molecular flexibility index (Phi) is 2.42. The van der Waals surface area contributed by atoms with Crippen molar-refractivity contribution in [2.24, 2.45) is 5.73 Å². The molecule has 2 unspecified atom stereocenters. The summed E-state index contributed by atoms with van der Waals surface area (Å²) in [4.78, 5) is 0. The first-order chi connectivity index (χ1) is 8.12. The predicted octanol–water partition coefficient (Wildman–Crippen LogP) is 2.06. The van der Waals surface area contributed by atoms with Crippen molar-refractivity contribution in [1.29, 1.82) is 0 Å². The van der Waals surface area contributed by atoms with Gasteiger partial charge in [-0.25, -0.2) is 0 Å². The number of aliphatic hydroxyl groups excluding tert-OH is 1. The van der Waals surface area contributed by atoms with Gasteiger partial charge in [0.25, 0.3) is 0 Å². The number of nitrogens with two attached hydrogens (primary N) is 1. The summed E-state index contributed by atoms with van der Waals surface area (Å²) >= 11 is 0. The van der Waals surface area contributed by atoms with Gasteiger partial charge in [-0.1, -0.05) is 12.1 Å². The fraction of sp³-hybridized carbons (Fsp3) is 0.571. The van der Waals surface area contributed by atoms with Crippen molar-refractivity contribution >= 4 is 0 Å². The molecule has 0 amide bonds. The largest absolute Gasteiger partial charge is 0.485 e. The molecule has 0 saturated heterocycles. The summed E-state index contributed by atoms with van der Waals surface area (Å²) in [6.45, 7) is 2.03. The van der Waals surface area contributed by atoms with Gasteiger partial charge in [0.2, 0.25) is 0 Å². The minimum atomic E-state index is -0.600. The molecule has 1 aliphatic carbocycles. The van der Waals surface area contributed by atoms with Crippen molar-refractivity contribution in [3.8, 4) is 5.75 Å². The third kappa shape index (κ3) is 1.57. The highest BCUT2D eigenvalue weighted by Crippen LogP contribution is 2.46. The number of rotatable bonds is 0. The molecule has 0 aromatic heterocycles. The van der Waals surface area contributed by atoms with Crippen molar-refractivity contribution in [2.75, 3.05) is 0 Å². The zero-order valence-corrected chi connectivity index (χ0v) is 10.1. The van der Waals surface area contributed by atoms with E-state index in [1.807, 2.05) is 25.1 Å². The van der Waals surface area contributed by atoms with Gasteiger partial charge in [-0.3, -0.25) is 0 Å². The van der Waals surface area contributed by atoms with Crippen molar-refractivity contribution in [1.82, 2.24) is 0 Å². The Labute approximate surface area is 102 Å². The van der Waals surface area contributed by atoms with E-state index in [1.54, 1.807) is 0 Å². The van der Waals surface area contributed by atoms with Crippen LogP contribution in [0.4, 0.5) is 0 Å². The fourth-order valence-electron chi connectivity index (χ4n) is 3.15. The second-order valence-electron chi connectivity index (χ2n) is 5.39. The lowest BCUT2D eigenvalue weighted by molar-refractivity contribution is -0.0316. The summed E-state index contributed by atoms with van der Waals surface area (Å²) in [5.74, 6) is 0.820. The van der Waals surface area contributed by atoms with Crippen LogP contribution < -0.4 is 10.5 Å². The smallest absolute Gasteiger partial charge is 0.127 e. The highest BCUT2D eigenvalue weighted by atomic mass is 16.5. The molecule has 0 radical (unpaired) electrons. The molecule has 3 nitrogen and oxygen atoms in total. The molecule has 3 heteroatoms. The summed E-state index contributed by atoms with van der Waals surface area (Å²) < 4.78 is 6.16. The normalized spacial score (nSPS) is 30.1. The van der Waals surface area contributed by atoms with Crippen LogP contribution in [0.15, 0.2) is 18.2 Å². The van der Waals surface area contributed by atoms with Crippen LogP contribution in [0.25, 0.3) is 0 Å². The summed E-state index contributed by atoms with van der Waals surface area (Å²) in [5.41, 5.74) is 7.85. The third-order valence-corrected chi connectivity index (χ3v) is 4.20. The van der Waals surface area contributed by atoms with E-state index in [4.69, 9.17) is 10.5 Å². The van der Waals surface area contributed by atoms with Gasteiger partial charge < -0.3 is 15.6 Å². The molecule has 1 aromatic rings. The van der Waals surface area contributed by atoms with Crippen molar-refractivity contribution in [3.05, 3.63) is 29.3 Å². The average Bonchev–Trinajstić information content (AvgIpc) is 2.75. The van der Waals surface area contributed by atoms with Gasteiger partial charge in [0.15, 0.2) is 0 Å². The zero-order valence-electron chi connectivity index (χ0n) is 10.1. The molecule has 1 fully saturated rings. The summed E-state index contributed by atoms with van der Waals surface area (Å²) in [7, 11) is 0. The predicted molar refractivity (Wildman–Crippen MR) is 65.9 cm³/mol. The molecule has 1 aliphatic heterocycles. The fourth-order valence-corrected chi connectivity index (χ4v) is 3.15. The Morgan fingerprint density at radius 2 is 2.06 bits per heavy atom. The summed E-state index contributed by atoms with van der Waals surface area (Å²) in [6, 6.07) is 5.62. The zero-order chi connectivity index (χ0) is 12.0. The Morgan fingerprint density at radius 1 is 1.35 bits per heavy atom. The van der Waals surface area contributed by atoms with E-state index in [0.717, 1.165) is 42.6 Å². The highest BCUT2D eigenvalue weighted by Gasteiger charge is 2.49. The topological polar surface area (TPSA) is 55.5 Å². The first kappa shape index (κ1) is 11.1. The van der Waals surface area contributed by atoms with Crippen LogP contribution in [-0.4, -0.2) is 16.7 Å². The number of aliphatic hydroxyl groups is 1. The van der Waals surface area contributed by atoms with Crippen LogP contribution in [0.2, 0.25) is 0 Å². The Balaban J connectivity index is 2.06. The SMILES string of the molecule is Cc1ccc2c(c1)OC1(CCCC1)C(N)C2O. The molecule has 2 atom stereocenters. The van der Waals surface area contributed by atoms with Gasteiger partial charge in [-0.2, -0.15) is 0 Å². The third-order valence-electron chi connectivity index (χ3n) is 4.20. The molecule has 92 valence electrons. The molecule has 3 N–H and O–H groups in total. The minimum Gasteiger partial charge on any atom is -0.485 e. The number of hydrogen-bond acceptors (Lipinski definition) is 3. The second-order valence-corrected chi connectivity index (χ2v) is 5.39. The van der Waals surface area contributed by atoms with Crippen LogP contribution >= 0.6 is 0 Å². The van der Waals surface area contributed by atoms with E-state index in [2.05, 4.69) is 0 Å². The van der Waals surface area contributed by atoms with E-state index in [1.165, 1.54) is 0 Å². The minimum absolute atomic E-state index is 0.305. The highest BCUT2D eigenvalue weighted by molar-refractivity contribution is 5.42. The average molecular weight is 233 g/mol. The number of benzene rings is 1. The van der Waals surface area contributed by atoms with Gasteiger partial charge in [-0.15, -0.1) is 0 Å². The van der Waals surface area contributed by atoms with Gasteiger partial charge >= 0.3 is 0 Å². The van der Waals surface area contributed by atoms with E-state index in [-0.39, 0.29) is 11.6 Å². The number of hydrogen-bond donors (Lipinski definition) is 2. The molecule has 2 aliphatic rings. The van der Waals surface area contributed by atoms with Crippen molar-refractivity contribution < 1.29 is 9.84 Å². The number of aryl methyl sites for hydroxylation is 1. The molecule has 3 rings (SSSR count).